The van der Waals surface area contributed by atoms with E-state index in [0.29, 0.717) is 15.3 Å². The number of hydrogen-bond donors (Lipinski definition) is 2. The van der Waals surface area contributed by atoms with E-state index in [1.807, 2.05) is 13.0 Å². The average Bonchev–Trinajstić information content (AvgIpc) is 3.16. The first-order valence-corrected chi connectivity index (χ1v) is 8.54. The molecule has 1 amide bonds. The number of imidazole rings is 1. The van der Waals surface area contributed by atoms with Gasteiger partial charge in [-0.25, -0.2) is 9.78 Å². The average molecular weight is 358 g/mol. The number of carbonyl (C=O) groups excluding carboxylic acids is 1. The third kappa shape index (κ3) is 1.92. The lowest BCUT2D eigenvalue weighted by atomic mass is 9.77. The molecule has 4 heterocycles. The molecule has 0 aromatic carbocycles. The smallest absolute Gasteiger partial charge is 0.352 e. The van der Waals surface area contributed by atoms with Gasteiger partial charge in [0.25, 0.3) is 0 Å². The van der Waals surface area contributed by atoms with Crippen molar-refractivity contribution in [3.05, 3.63) is 28.8 Å². The van der Waals surface area contributed by atoms with Crippen LogP contribution < -0.4 is 0 Å². The fraction of sp³-hybridized carbons (Fsp3) is 0.375. The fourth-order valence-electron chi connectivity index (χ4n) is 3.89. The molecular weight excluding hydrogens is 344 g/mol. The van der Waals surface area contributed by atoms with Crippen molar-refractivity contribution in [3.8, 4) is 6.07 Å². The highest BCUT2D eigenvalue weighted by atomic mass is 32.1. The van der Waals surface area contributed by atoms with Crippen molar-refractivity contribution < 1.29 is 19.8 Å². The highest BCUT2D eigenvalue weighted by Crippen LogP contribution is 2.51. The van der Waals surface area contributed by atoms with Crippen LogP contribution in [0.15, 0.2) is 18.2 Å². The van der Waals surface area contributed by atoms with Crippen LogP contribution in [0.3, 0.4) is 0 Å². The molecule has 2 N–H and O–H groups in total. The normalized spacial score (nSPS) is 26.6. The van der Waals surface area contributed by atoms with E-state index in [4.69, 9.17) is 5.26 Å². The molecule has 4 atom stereocenters. The van der Waals surface area contributed by atoms with Gasteiger partial charge in [-0.15, -0.1) is 11.3 Å². The van der Waals surface area contributed by atoms with Crippen molar-refractivity contribution in [3.63, 3.8) is 0 Å². The number of amides is 1. The molecule has 8 nitrogen and oxygen atoms in total. The largest absolute Gasteiger partial charge is 0.477 e. The van der Waals surface area contributed by atoms with Crippen LogP contribution in [0.1, 0.15) is 24.4 Å². The molecule has 2 aliphatic heterocycles. The molecule has 2 aromatic heterocycles. The Bertz CT molecular complexity index is 996. The number of carboxylic acid groups (broad SMARTS) is 1. The summed E-state index contributed by atoms with van der Waals surface area (Å²) in [5, 5.41) is 28.7. The molecule has 1 fully saturated rings. The SMILES string of the molecule is C[C@@H](O)[C@H]1C(=O)N2C(C(=O)O)=C(c3cn4cnc(C#N)c4s3)[C@H](C)[C@@H]12. The van der Waals surface area contributed by atoms with Gasteiger partial charge < -0.3 is 15.1 Å². The number of carbonyl (C=O) groups is 2. The molecule has 4 rings (SSSR count). The number of aliphatic hydroxyl groups is 1. The van der Waals surface area contributed by atoms with Gasteiger partial charge in [-0.05, 0) is 6.92 Å². The van der Waals surface area contributed by atoms with Gasteiger partial charge >= 0.3 is 5.97 Å². The molecule has 2 aliphatic rings. The van der Waals surface area contributed by atoms with E-state index in [2.05, 4.69) is 4.98 Å². The van der Waals surface area contributed by atoms with E-state index in [-0.39, 0.29) is 29.3 Å². The zero-order chi connectivity index (χ0) is 18.0. The van der Waals surface area contributed by atoms with Gasteiger partial charge in [0.05, 0.1) is 22.9 Å². The Hall–Kier alpha value is -2.70. The van der Waals surface area contributed by atoms with Crippen molar-refractivity contribution >= 4 is 33.6 Å². The molecule has 9 heteroatoms. The zero-order valence-corrected chi connectivity index (χ0v) is 14.2. The summed E-state index contributed by atoms with van der Waals surface area (Å²) >= 11 is 1.28. The summed E-state index contributed by atoms with van der Waals surface area (Å²) in [5.74, 6) is -2.35. The van der Waals surface area contributed by atoms with Crippen LogP contribution in [0.5, 0.6) is 0 Å². The Morgan fingerprint density at radius 2 is 2.24 bits per heavy atom. The van der Waals surface area contributed by atoms with Crippen LogP contribution in [-0.4, -0.2) is 48.5 Å². The molecule has 0 aliphatic carbocycles. The number of thiazole rings is 1. The third-order valence-electron chi connectivity index (χ3n) is 4.96. The third-order valence-corrected chi connectivity index (χ3v) is 6.10. The van der Waals surface area contributed by atoms with Crippen molar-refractivity contribution in [1.29, 1.82) is 5.26 Å². The maximum Gasteiger partial charge on any atom is 0.352 e. The van der Waals surface area contributed by atoms with E-state index in [1.165, 1.54) is 22.6 Å². The minimum Gasteiger partial charge on any atom is -0.477 e. The van der Waals surface area contributed by atoms with Crippen LogP contribution in [0.2, 0.25) is 0 Å². The number of nitriles is 1. The topological polar surface area (TPSA) is 119 Å². The summed E-state index contributed by atoms with van der Waals surface area (Å²) in [6.07, 6.45) is 2.41. The quantitative estimate of drug-likeness (QED) is 0.788. The molecule has 0 saturated carbocycles. The number of hydrogen-bond acceptors (Lipinski definition) is 6. The lowest BCUT2D eigenvalue weighted by molar-refractivity contribution is -0.163. The summed E-state index contributed by atoms with van der Waals surface area (Å²) in [5.41, 5.74) is 0.808. The second-order valence-electron chi connectivity index (χ2n) is 6.33. The van der Waals surface area contributed by atoms with Gasteiger partial charge in [-0.3, -0.25) is 9.20 Å². The van der Waals surface area contributed by atoms with Crippen molar-refractivity contribution in [2.24, 2.45) is 11.8 Å². The fourth-order valence-corrected chi connectivity index (χ4v) is 5.06. The number of aromatic nitrogens is 2. The number of aliphatic carboxylic acids is 1. The molecule has 0 unspecified atom stereocenters. The highest BCUT2D eigenvalue weighted by Gasteiger charge is 2.60. The van der Waals surface area contributed by atoms with Crippen LogP contribution in [0.4, 0.5) is 0 Å². The molecule has 0 spiro atoms. The van der Waals surface area contributed by atoms with Crippen LogP contribution >= 0.6 is 11.3 Å². The minimum atomic E-state index is -1.17. The minimum absolute atomic E-state index is 0.0321. The standard InChI is InChI=1S/C16H14N4O4S/c1-6-10(9-4-19-5-18-8(3-17)15(19)25-9)13(16(23)24)20-12(6)11(7(2)21)14(20)22/h4-7,11-12,21H,1-2H3,(H,23,24)/t6-,7+,11+,12-/m0/s1. The highest BCUT2D eigenvalue weighted by molar-refractivity contribution is 7.18. The summed E-state index contributed by atoms with van der Waals surface area (Å²) < 4.78 is 1.68. The van der Waals surface area contributed by atoms with Crippen LogP contribution in [-0.2, 0) is 9.59 Å². The number of β-lactam (4-membered cyclic amide) rings is 1. The van der Waals surface area contributed by atoms with Crippen molar-refractivity contribution in [1.82, 2.24) is 14.3 Å². The van der Waals surface area contributed by atoms with Gasteiger partial charge in [0.2, 0.25) is 5.91 Å². The Morgan fingerprint density at radius 3 is 2.84 bits per heavy atom. The van der Waals surface area contributed by atoms with Gasteiger partial charge in [-0.1, -0.05) is 6.92 Å². The predicted octanol–water partition coefficient (Wildman–Crippen LogP) is 0.921. The first-order valence-electron chi connectivity index (χ1n) is 7.72. The number of fused-ring (bicyclic) bond motifs is 2. The second kappa shape index (κ2) is 5.15. The summed E-state index contributed by atoms with van der Waals surface area (Å²) in [7, 11) is 0. The number of nitrogens with zero attached hydrogens (tertiary/aromatic N) is 4. The van der Waals surface area contributed by atoms with E-state index in [0.717, 1.165) is 0 Å². The number of rotatable bonds is 3. The van der Waals surface area contributed by atoms with Crippen molar-refractivity contribution in [2.45, 2.75) is 26.0 Å². The summed E-state index contributed by atoms with van der Waals surface area (Å²) in [4.78, 5) is 30.8. The first-order chi connectivity index (χ1) is 11.9. The molecule has 0 bridgehead atoms. The van der Waals surface area contributed by atoms with Gasteiger partial charge in [0.15, 0.2) is 5.69 Å². The number of carboxylic acids is 1. The van der Waals surface area contributed by atoms with Crippen LogP contribution in [0, 0.1) is 23.2 Å². The molecular formula is C16H14N4O4S. The Labute approximate surface area is 146 Å². The van der Waals surface area contributed by atoms with Crippen molar-refractivity contribution in [2.75, 3.05) is 0 Å². The monoisotopic (exact) mass is 358 g/mol. The van der Waals surface area contributed by atoms with Gasteiger partial charge in [0, 0.05) is 17.7 Å². The van der Waals surface area contributed by atoms with E-state index in [9.17, 15) is 19.8 Å². The summed E-state index contributed by atoms with van der Waals surface area (Å²) in [6.45, 7) is 3.41. The summed E-state index contributed by atoms with van der Waals surface area (Å²) in [6, 6.07) is 1.65. The molecule has 0 radical (unpaired) electrons. The maximum absolute atomic E-state index is 12.4. The van der Waals surface area contributed by atoms with E-state index < -0.39 is 18.0 Å². The molecule has 128 valence electrons. The lowest BCUT2D eigenvalue weighted by Gasteiger charge is -2.46. The second-order valence-corrected chi connectivity index (χ2v) is 7.36. The molecule has 25 heavy (non-hydrogen) atoms. The Morgan fingerprint density at radius 1 is 1.52 bits per heavy atom. The van der Waals surface area contributed by atoms with E-state index in [1.54, 1.807) is 17.5 Å². The van der Waals surface area contributed by atoms with Crippen LogP contribution in [0.25, 0.3) is 10.4 Å². The Kier molecular flexibility index (Phi) is 3.25. The lowest BCUT2D eigenvalue weighted by Crippen LogP contribution is -2.63. The van der Waals surface area contributed by atoms with E-state index >= 15 is 0 Å². The number of aliphatic hydroxyl groups excluding tert-OH is 1. The molecule has 1 saturated heterocycles. The predicted molar refractivity (Wildman–Crippen MR) is 87.3 cm³/mol. The maximum atomic E-state index is 12.4. The molecule has 2 aromatic rings. The Balaban J connectivity index is 1.87. The zero-order valence-electron chi connectivity index (χ0n) is 13.4. The van der Waals surface area contributed by atoms with Gasteiger partial charge in [0.1, 0.15) is 22.9 Å². The van der Waals surface area contributed by atoms with Gasteiger partial charge in [-0.2, -0.15) is 5.26 Å². The first kappa shape index (κ1) is 15.8.